The van der Waals surface area contributed by atoms with Gasteiger partial charge in [0.15, 0.2) is 0 Å². The lowest BCUT2D eigenvalue weighted by atomic mass is 9.87. The monoisotopic (exact) mass is 398 g/mol. The number of benzene rings is 1. The summed E-state index contributed by atoms with van der Waals surface area (Å²) < 4.78 is 4.08. The first-order valence-electron chi connectivity index (χ1n) is 10.4. The minimum atomic E-state index is 0.277. The molecule has 150 valence electrons. The van der Waals surface area contributed by atoms with Crippen LogP contribution in [0.3, 0.4) is 0 Å². The van der Waals surface area contributed by atoms with E-state index in [9.17, 15) is 4.79 Å². The summed E-state index contributed by atoms with van der Waals surface area (Å²) in [5.41, 5.74) is 3.66. The lowest BCUT2D eigenvalue weighted by molar-refractivity contribution is -0.136. The summed E-state index contributed by atoms with van der Waals surface area (Å²) in [6, 6.07) is 9.15. The van der Waals surface area contributed by atoms with Gasteiger partial charge in [-0.25, -0.2) is 0 Å². The number of hydrogen-bond acceptors (Lipinski definition) is 5. The molecule has 1 aromatic carbocycles. The third-order valence-corrected chi connectivity index (χ3v) is 7.23. The van der Waals surface area contributed by atoms with Gasteiger partial charge in [-0.15, -0.1) is 5.10 Å². The van der Waals surface area contributed by atoms with Crippen LogP contribution in [0.15, 0.2) is 29.6 Å². The minimum absolute atomic E-state index is 0.277. The number of aromatic nitrogens is 2. The van der Waals surface area contributed by atoms with Gasteiger partial charge in [0.2, 0.25) is 5.91 Å². The molecule has 2 aliphatic rings. The van der Waals surface area contributed by atoms with Crippen LogP contribution in [0.5, 0.6) is 0 Å². The number of rotatable bonds is 4. The highest BCUT2D eigenvalue weighted by Crippen LogP contribution is 2.39. The predicted octanol–water partition coefficient (Wildman–Crippen LogP) is 3.68. The molecule has 2 saturated heterocycles. The van der Waals surface area contributed by atoms with Crippen LogP contribution in [0.1, 0.15) is 55.3 Å². The number of carbonyl (C=O) groups is 1. The van der Waals surface area contributed by atoms with Crippen LogP contribution < -0.4 is 0 Å². The molecule has 3 heterocycles. The highest BCUT2D eigenvalue weighted by atomic mass is 32.1. The maximum absolute atomic E-state index is 13.0. The number of aryl methyl sites for hydroxylation is 1. The van der Waals surface area contributed by atoms with E-state index in [1.807, 2.05) is 0 Å². The molecule has 5 nitrogen and oxygen atoms in total. The first-order valence-corrected chi connectivity index (χ1v) is 11.2. The first kappa shape index (κ1) is 19.5. The van der Waals surface area contributed by atoms with E-state index in [2.05, 4.69) is 69.8 Å². The van der Waals surface area contributed by atoms with Crippen LogP contribution in [-0.2, 0) is 4.79 Å². The molecule has 0 aliphatic carbocycles. The second kappa shape index (κ2) is 8.29. The lowest BCUT2D eigenvalue weighted by Gasteiger charge is -2.38. The van der Waals surface area contributed by atoms with Gasteiger partial charge in [-0.3, -0.25) is 9.69 Å². The number of likely N-dealkylation sites (tertiary alicyclic amines) is 2. The van der Waals surface area contributed by atoms with Gasteiger partial charge in [-0.1, -0.05) is 41.2 Å². The number of amides is 1. The third-order valence-electron chi connectivity index (χ3n) is 6.71. The van der Waals surface area contributed by atoms with Crippen LogP contribution in [0, 0.1) is 12.8 Å². The zero-order valence-electron chi connectivity index (χ0n) is 17.0. The summed E-state index contributed by atoms with van der Waals surface area (Å²) in [5, 5.41) is 6.42. The molecule has 28 heavy (non-hydrogen) atoms. The van der Waals surface area contributed by atoms with Crippen LogP contribution in [0.4, 0.5) is 0 Å². The van der Waals surface area contributed by atoms with Crippen molar-refractivity contribution in [3.05, 3.63) is 46.5 Å². The Labute approximate surface area is 171 Å². The Morgan fingerprint density at radius 1 is 1.18 bits per heavy atom. The van der Waals surface area contributed by atoms with E-state index in [1.165, 1.54) is 29.1 Å². The number of piperidine rings is 1. The fourth-order valence-electron chi connectivity index (χ4n) is 4.77. The van der Waals surface area contributed by atoms with Crippen molar-refractivity contribution in [3.63, 3.8) is 0 Å². The molecule has 1 aromatic heterocycles. The molecular weight excluding hydrogens is 368 g/mol. The summed E-state index contributed by atoms with van der Waals surface area (Å²) in [6.45, 7) is 9.75. The zero-order chi connectivity index (χ0) is 19.7. The smallest absolute Gasteiger partial charge is 0.236 e. The van der Waals surface area contributed by atoms with Crippen molar-refractivity contribution < 1.29 is 4.79 Å². The van der Waals surface area contributed by atoms with E-state index in [1.54, 1.807) is 0 Å². The fraction of sp³-hybridized carbons (Fsp3) is 0.591. The quantitative estimate of drug-likeness (QED) is 0.788. The van der Waals surface area contributed by atoms with Crippen molar-refractivity contribution in [3.8, 4) is 0 Å². The molecule has 4 rings (SSSR count). The highest BCUT2D eigenvalue weighted by molar-refractivity contribution is 7.03. The van der Waals surface area contributed by atoms with E-state index in [0.717, 1.165) is 31.7 Å². The topological polar surface area (TPSA) is 49.3 Å². The second-order valence-electron chi connectivity index (χ2n) is 8.59. The van der Waals surface area contributed by atoms with E-state index >= 15 is 0 Å². The molecule has 0 N–H and O–H groups in total. The maximum atomic E-state index is 13.0. The molecule has 0 bridgehead atoms. The Morgan fingerprint density at radius 3 is 2.64 bits per heavy atom. The SMILES string of the molecule is Cc1ccc([C@@H]2CN(CC(=O)N3CCCC(C)C3C)C[C@H]2c2csnn2)cc1. The summed E-state index contributed by atoms with van der Waals surface area (Å²) in [6.07, 6.45) is 2.35. The molecule has 2 fully saturated rings. The van der Waals surface area contributed by atoms with E-state index < -0.39 is 0 Å². The van der Waals surface area contributed by atoms with Crippen LogP contribution in [-0.4, -0.2) is 57.5 Å². The Kier molecular flexibility index (Phi) is 5.78. The van der Waals surface area contributed by atoms with Crippen LogP contribution >= 0.6 is 11.5 Å². The van der Waals surface area contributed by atoms with Gasteiger partial charge < -0.3 is 4.90 Å². The van der Waals surface area contributed by atoms with Gasteiger partial charge in [0.25, 0.3) is 0 Å². The molecule has 0 spiro atoms. The van der Waals surface area contributed by atoms with Crippen molar-refractivity contribution in [2.75, 3.05) is 26.2 Å². The minimum Gasteiger partial charge on any atom is -0.339 e. The van der Waals surface area contributed by atoms with Crippen LogP contribution in [0.2, 0.25) is 0 Å². The standard InChI is InChI=1S/C22H30N4OS/c1-15-6-8-18(9-7-15)19-11-25(12-20(19)21-14-28-24-23-21)13-22(27)26-10-4-5-16(2)17(26)3/h6-9,14,16-17,19-20H,4-5,10-13H2,1-3H3/t16?,17?,19-,20+/m0/s1. The second-order valence-corrected chi connectivity index (χ2v) is 9.20. The molecule has 6 heteroatoms. The Hall–Kier alpha value is -1.79. The van der Waals surface area contributed by atoms with Gasteiger partial charge in [0, 0.05) is 42.9 Å². The number of nitrogens with zero attached hydrogens (tertiary/aromatic N) is 4. The molecular formula is C22H30N4OS. The maximum Gasteiger partial charge on any atom is 0.236 e. The van der Waals surface area contributed by atoms with Crippen molar-refractivity contribution in [2.45, 2.75) is 51.5 Å². The zero-order valence-corrected chi connectivity index (χ0v) is 17.9. The fourth-order valence-corrected chi connectivity index (χ4v) is 5.29. The highest BCUT2D eigenvalue weighted by Gasteiger charge is 2.38. The molecule has 2 unspecified atom stereocenters. The number of carbonyl (C=O) groups excluding carboxylic acids is 1. The Bertz CT molecular complexity index is 791. The largest absolute Gasteiger partial charge is 0.339 e. The van der Waals surface area contributed by atoms with Gasteiger partial charge in [-0.2, -0.15) is 0 Å². The molecule has 0 saturated carbocycles. The average molecular weight is 399 g/mol. The summed E-state index contributed by atoms with van der Waals surface area (Å²) in [4.78, 5) is 17.5. The normalized spacial score (nSPS) is 28.6. The molecule has 2 aromatic rings. The predicted molar refractivity (Wildman–Crippen MR) is 113 cm³/mol. The van der Waals surface area contributed by atoms with Crippen molar-refractivity contribution >= 4 is 17.4 Å². The Morgan fingerprint density at radius 2 is 1.93 bits per heavy atom. The van der Waals surface area contributed by atoms with Gasteiger partial charge in [0.1, 0.15) is 0 Å². The third kappa shape index (κ3) is 3.98. The van der Waals surface area contributed by atoms with Crippen molar-refractivity contribution in [1.29, 1.82) is 0 Å². The first-order chi connectivity index (χ1) is 13.5. The molecule has 4 atom stereocenters. The van der Waals surface area contributed by atoms with Crippen molar-refractivity contribution in [2.24, 2.45) is 5.92 Å². The van der Waals surface area contributed by atoms with Crippen molar-refractivity contribution in [1.82, 2.24) is 19.4 Å². The molecule has 1 amide bonds. The average Bonchev–Trinajstić information content (AvgIpc) is 3.34. The number of hydrogen-bond donors (Lipinski definition) is 0. The Balaban J connectivity index is 1.50. The van der Waals surface area contributed by atoms with Gasteiger partial charge >= 0.3 is 0 Å². The van der Waals surface area contributed by atoms with Gasteiger partial charge in [-0.05, 0) is 49.7 Å². The molecule has 2 aliphatic heterocycles. The van der Waals surface area contributed by atoms with E-state index in [-0.39, 0.29) is 5.91 Å². The summed E-state index contributed by atoms with van der Waals surface area (Å²) >= 11 is 1.41. The van der Waals surface area contributed by atoms with E-state index in [0.29, 0.717) is 30.3 Å². The molecule has 0 radical (unpaired) electrons. The van der Waals surface area contributed by atoms with Gasteiger partial charge in [0.05, 0.1) is 12.2 Å². The summed E-state index contributed by atoms with van der Waals surface area (Å²) in [7, 11) is 0. The summed E-state index contributed by atoms with van der Waals surface area (Å²) in [5.74, 6) is 1.52. The lowest BCUT2D eigenvalue weighted by Crippen LogP contribution is -2.49. The van der Waals surface area contributed by atoms with E-state index in [4.69, 9.17) is 0 Å². The van der Waals surface area contributed by atoms with Crippen LogP contribution in [0.25, 0.3) is 0 Å².